The first-order valence-electron chi connectivity index (χ1n) is 7.74. The predicted octanol–water partition coefficient (Wildman–Crippen LogP) is 5.52. The molecule has 0 saturated heterocycles. The molecule has 122 valence electrons. The number of halogens is 1. The molecule has 2 N–H and O–H groups in total. The molecule has 0 heterocycles. The summed E-state index contributed by atoms with van der Waals surface area (Å²) in [5.41, 5.74) is 2.45. The van der Waals surface area contributed by atoms with Crippen LogP contribution in [0.3, 0.4) is 0 Å². The predicted molar refractivity (Wildman–Crippen MR) is 97.2 cm³/mol. The minimum absolute atomic E-state index is 0.224. The minimum Gasteiger partial charge on any atom is -0.329 e. The van der Waals surface area contributed by atoms with Crippen LogP contribution in [0, 0.1) is 0 Å². The van der Waals surface area contributed by atoms with Gasteiger partial charge in [-0.15, -0.1) is 0 Å². The molecule has 0 atom stereocenters. The maximum Gasteiger partial charge on any atom is 0.319 e. The normalized spacial score (nSPS) is 11.4. The van der Waals surface area contributed by atoms with Crippen molar-refractivity contribution in [2.24, 2.45) is 0 Å². The summed E-state index contributed by atoms with van der Waals surface area (Å²) in [6.07, 6.45) is 0. The Kier molecular flexibility index (Phi) is 5.32. The third-order valence-corrected chi connectivity index (χ3v) is 4.07. The number of anilines is 1. The summed E-state index contributed by atoms with van der Waals surface area (Å²) in [6.45, 7) is 8.14. The molecule has 0 aliphatic rings. The first kappa shape index (κ1) is 17.4. The molecule has 4 heteroatoms. The quantitative estimate of drug-likeness (QED) is 0.761. The second-order valence-corrected chi connectivity index (χ2v) is 6.89. The SMILES string of the molecule is CC(C)c1ccccc1NC(=O)NC(C)(C)c1ccc(Cl)cc1. The molecule has 23 heavy (non-hydrogen) atoms. The van der Waals surface area contributed by atoms with Gasteiger partial charge < -0.3 is 10.6 Å². The van der Waals surface area contributed by atoms with Crippen LogP contribution in [-0.2, 0) is 5.54 Å². The van der Waals surface area contributed by atoms with Crippen LogP contribution in [0.15, 0.2) is 48.5 Å². The van der Waals surface area contributed by atoms with Gasteiger partial charge in [0, 0.05) is 10.7 Å². The number of hydrogen-bond donors (Lipinski definition) is 2. The highest BCUT2D eigenvalue weighted by Gasteiger charge is 2.23. The lowest BCUT2D eigenvalue weighted by Gasteiger charge is -2.27. The summed E-state index contributed by atoms with van der Waals surface area (Å²) in [5.74, 6) is 0.343. The lowest BCUT2D eigenvalue weighted by atomic mass is 9.94. The van der Waals surface area contributed by atoms with E-state index in [2.05, 4.69) is 24.5 Å². The van der Waals surface area contributed by atoms with Gasteiger partial charge in [-0.3, -0.25) is 0 Å². The van der Waals surface area contributed by atoms with Crippen molar-refractivity contribution in [2.75, 3.05) is 5.32 Å². The largest absolute Gasteiger partial charge is 0.329 e. The van der Waals surface area contributed by atoms with E-state index in [-0.39, 0.29) is 6.03 Å². The molecule has 2 aromatic carbocycles. The molecule has 0 fully saturated rings. The van der Waals surface area contributed by atoms with E-state index in [1.54, 1.807) is 0 Å². The molecule has 0 aromatic heterocycles. The smallest absolute Gasteiger partial charge is 0.319 e. The van der Waals surface area contributed by atoms with Crippen molar-refractivity contribution in [2.45, 2.75) is 39.2 Å². The highest BCUT2D eigenvalue weighted by atomic mass is 35.5. The van der Waals surface area contributed by atoms with Gasteiger partial charge in [0.25, 0.3) is 0 Å². The van der Waals surface area contributed by atoms with E-state index < -0.39 is 5.54 Å². The Bertz CT molecular complexity index is 678. The minimum atomic E-state index is -0.499. The molecule has 0 aliphatic carbocycles. The van der Waals surface area contributed by atoms with Crippen LogP contribution in [-0.4, -0.2) is 6.03 Å². The summed E-state index contributed by atoms with van der Waals surface area (Å²) >= 11 is 5.92. The van der Waals surface area contributed by atoms with Crippen LogP contribution in [0.2, 0.25) is 5.02 Å². The van der Waals surface area contributed by atoms with Gasteiger partial charge in [0.15, 0.2) is 0 Å². The van der Waals surface area contributed by atoms with Gasteiger partial charge in [0.05, 0.1) is 5.54 Å². The van der Waals surface area contributed by atoms with Crippen molar-refractivity contribution in [3.63, 3.8) is 0 Å². The second-order valence-electron chi connectivity index (χ2n) is 6.45. The zero-order valence-corrected chi connectivity index (χ0v) is 14.7. The second kappa shape index (κ2) is 7.05. The van der Waals surface area contributed by atoms with Crippen LogP contribution in [0.4, 0.5) is 10.5 Å². The fraction of sp³-hybridized carbons (Fsp3) is 0.316. The van der Waals surface area contributed by atoms with Crippen LogP contribution in [0.5, 0.6) is 0 Å². The number of para-hydroxylation sites is 1. The van der Waals surface area contributed by atoms with E-state index in [9.17, 15) is 4.79 Å². The number of rotatable bonds is 4. The van der Waals surface area contributed by atoms with E-state index in [4.69, 9.17) is 11.6 Å². The molecular formula is C19H23ClN2O. The molecule has 0 unspecified atom stereocenters. The van der Waals surface area contributed by atoms with Gasteiger partial charge in [0.2, 0.25) is 0 Å². The average molecular weight is 331 g/mol. The maximum atomic E-state index is 12.4. The van der Waals surface area contributed by atoms with E-state index in [0.29, 0.717) is 10.9 Å². The van der Waals surface area contributed by atoms with Crippen LogP contribution in [0.25, 0.3) is 0 Å². The third-order valence-electron chi connectivity index (χ3n) is 3.82. The van der Waals surface area contributed by atoms with E-state index >= 15 is 0 Å². The van der Waals surface area contributed by atoms with Crippen LogP contribution >= 0.6 is 11.6 Å². The van der Waals surface area contributed by atoms with Crippen molar-refractivity contribution < 1.29 is 4.79 Å². The van der Waals surface area contributed by atoms with Crippen molar-refractivity contribution in [1.82, 2.24) is 5.32 Å². The third kappa shape index (κ3) is 4.49. The van der Waals surface area contributed by atoms with Gasteiger partial charge in [-0.25, -0.2) is 4.79 Å². The van der Waals surface area contributed by atoms with Crippen molar-refractivity contribution >= 4 is 23.3 Å². The number of urea groups is 1. The summed E-state index contributed by atoms with van der Waals surface area (Å²) in [4.78, 5) is 12.4. The average Bonchev–Trinajstić information content (AvgIpc) is 2.47. The lowest BCUT2D eigenvalue weighted by Crippen LogP contribution is -2.43. The number of carbonyl (C=O) groups is 1. The summed E-state index contributed by atoms with van der Waals surface area (Å²) in [7, 11) is 0. The summed E-state index contributed by atoms with van der Waals surface area (Å²) in [5, 5.41) is 6.65. The van der Waals surface area contributed by atoms with Gasteiger partial charge in [-0.2, -0.15) is 0 Å². The number of carbonyl (C=O) groups excluding carboxylic acids is 1. The topological polar surface area (TPSA) is 41.1 Å². The van der Waals surface area contributed by atoms with Crippen molar-refractivity contribution in [3.05, 3.63) is 64.7 Å². The van der Waals surface area contributed by atoms with Gasteiger partial charge in [0.1, 0.15) is 0 Å². The highest BCUT2D eigenvalue weighted by Crippen LogP contribution is 2.25. The molecule has 0 saturated carbocycles. The Labute approximate surface area is 143 Å². The number of amides is 2. The maximum absolute atomic E-state index is 12.4. The molecule has 2 rings (SSSR count). The van der Waals surface area contributed by atoms with Crippen molar-refractivity contribution in [1.29, 1.82) is 0 Å². The summed E-state index contributed by atoms with van der Waals surface area (Å²) < 4.78 is 0. The highest BCUT2D eigenvalue weighted by molar-refractivity contribution is 6.30. The first-order chi connectivity index (χ1) is 10.8. The Morgan fingerprint density at radius 1 is 1.04 bits per heavy atom. The first-order valence-corrected chi connectivity index (χ1v) is 8.11. The number of hydrogen-bond acceptors (Lipinski definition) is 1. The fourth-order valence-corrected chi connectivity index (χ4v) is 2.62. The standard InChI is InChI=1S/C19H23ClN2O/c1-13(2)16-7-5-6-8-17(16)21-18(23)22-19(3,4)14-9-11-15(20)12-10-14/h5-13H,1-4H3,(H2,21,22,23). The molecule has 2 amide bonds. The Hall–Kier alpha value is -2.00. The van der Waals surface area contributed by atoms with E-state index in [0.717, 1.165) is 16.8 Å². The number of nitrogens with one attached hydrogen (secondary N) is 2. The Morgan fingerprint density at radius 2 is 1.65 bits per heavy atom. The molecule has 0 radical (unpaired) electrons. The van der Waals surface area contributed by atoms with Crippen molar-refractivity contribution in [3.8, 4) is 0 Å². The molecule has 0 bridgehead atoms. The molecule has 3 nitrogen and oxygen atoms in total. The van der Waals surface area contributed by atoms with Gasteiger partial charge >= 0.3 is 6.03 Å². The van der Waals surface area contributed by atoms with Gasteiger partial charge in [-0.1, -0.05) is 55.8 Å². The van der Waals surface area contributed by atoms with E-state index in [1.165, 1.54) is 0 Å². The zero-order valence-electron chi connectivity index (χ0n) is 14.0. The molecule has 0 aliphatic heterocycles. The monoisotopic (exact) mass is 330 g/mol. The lowest BCUT2D eigenvalue weighted by molar-refractivity contribution is 0.242. The zero-order chi connectivity index (χ0) is 17.0. The van der Waals surface area contributed by atoms with E-state index in [1.807, 2.05) is 62.4 Å². The summed E-state index contributed by atoms with van der Waals surface area (Å²) in [6, 6.07) is 15.1. The number of benzene rings is 2. The molecular weight excluding hydrogens is 308 g/mol. The van der Waals surface area contributed by atoms with Crippen LogP contribution < -0.4 is 10.6 Å². The molecule has 0 spiro atoms. The Balaban J connectivity index is 2.11. The van der Waals surface area contributed by atoms with Gasteiger partial charge in [-0.05, 0) is 49.1 Å². The van der Waals surface area contributed by atoms with Crippen LogP contribution in [0.1, 0.15) is 44.7 Å². The molecule has 2 aromatic rings. The fourth-order valence-electron chi connectivity index (χ4n) is 2.49. The Morgan fingerprint density at radius 3 is 2.26 bits per heavy atom.